The number of carbonyl (C=O) groups excluding carboxylic acids is 2. The first-order valence-electron chi connectivity index (χ1n) is 10.4. The van der Waals surface area contributed by atoms with Gasteiger partial charge in [-0.05, 0) is 85.5 Å². The summed E-state index contributed by atoms with van der Waals surface area (Å²) in [7, 11) is 0. The first-order chi connectivity index (χ1) is 12.4. The number of allylic oxidation sites excluding steroid dienone is 4. The number of carbonyl (C=O) groups is 2. The average molecular weight is 357 g/mol. The van der Waals surface area contributed by atoms with Gasteiger partial charge in [0, 0.05) is 6.61 Å². The number of rotatable bonds is 4. The largest absolute Gasteiger partial charge is 0.396 e. The van der Waals surface area contributed by atoms with Crippen molar-refractivity contribution in [3.8, 4) is 0 Å². The Bertz CT molecular complexity index is 675. The van der Waals surface area contributed by atoms with Crippen molar-refractivity contribution in [1.82, 2.24) is 0 Å². The second-order valence-electron chi connectivity index (χ2n) is 9.67. The molecule has 0 aliphatic heterocycles. The third kappa shape index (κ3) is 2.50. The van der Waals surface area contributed by atoms with Crippen molar-refractivity contribution in [3.05, 3.63) is 23.3 Å². The fourth-order valence-electron chi connectivity index (χ4n) is 7.05. The van der Waals surface area contributed by atoms with Crippen LogP contribution in [0.25, 0.3) is 0 Å². The highest BCUT2D eigenvalue weighted by Crippen LogP contribution is 2.64. The molecular weight excluding hydrogens is 324 g/mol. The van der Waals surface area contributed by atoms with Crippen LogP contribution in [0.4, 0.5) is 0 Å². The smallest absolute Gasteiger partial charge is 0.169 e. The van der Waals surface area contributed by atoms with Gasteiger partial charge in [-0.2, -0.15) is 0 Å². The highest BCUT2D eigenvalue weighted by molar-refractivity contribution is 6.06. The lowest BCUT2D eigenvalue weighted by Gasteiger charge is -2.58. The summed E-state index contributed by atoms with van der Waals surface area (Å²) in [5.41, 5.74) is 2.62. The van der Waals surface area contributed by atoms with Gasteiger partial charge in [-0.25, -0.2) is 0 Å². The summed E-state index contributed by atoms with van der Waals surface area (Å²) in [6.07, 6.45) is 13.5. The van der Waals surface area contributed by atoms with E-state index in [2.05, 4.69) is 26.0 Å². The van der Waals surface area contributed by atoms with Crippen LogP contribution in [0.5, 0.6) is 0 Å². The van der Waals surface area contributed by atoms with E-state index in [-0.39, 0.29) is 17.8 Å². The van der Waals surface area contributed by atoms with E-state index >= 15 is 0 Å². The molecule has 1 N–H and O–H groups in total. The van der Waals surface area contributed by atoms with E-state index in [1.165, 1.54) is 31.3 Å². The molecule has 6 atom stereocenters. The second kappa shape index (κ2) is 6.44. The Morgan fingerprint density at radius 2 is 2.12 bits per heavy atom. The molecule has 2 fully saturated rings. The van der Waals surface area contributed by atoms with Gasteiger partial charge in [0.2, 0.25) is 0 Å². The fourth-order valence-corrected chi connectivity index (χ4v) is 7.05. The zero-order chi connectivity index (χ0) is 18.5. The molecule has 2 saturated carbocycles. The molecule has 0 aromatic rings. The third-order valence-electron chi connectivity index (χ3n) is 8.36. The van der Waals surface area contributed by atoms with Gasteiger partial charge in [-0.1, -0.05) is 31.6 Å². The maximum absolute atomic E-state index is 12.9. The molecule has 0 spiro atoms. The quantitative estimate of drug-likeness (QED) is 0.465. The summed E-state index contributed by atoms with van der Waals surface area (Å²) in [4.78, 5) is 24.6. The van der Waals surface area contributed by atoms with Gasteiger partial charge >= 0.3 is 0 Å². The number of aliphatic hydroxyl groups excluding tert-OH is 1. The van der Waals surface area contributed by atoms with Gasteiger partial charge < -0.3 is 9.90 Å². The van der Waals surface area contributed by atoms with Gasteiger partial charge in [0.15, 0.2) is 5.78 Å². The van der Waals surface area contributed by atoms with Crippen LogP contribution in [0, 0.1) is 34.5 Å². The summed E-state index contributed by atoms with van der Waals surface area (Å²) in [6.45, 7) is 4.89. The summed E-state index contributed by atoms with van der Waals surface area (Å²) in [6, 6.07) is 0. The van der Waals surface area contributed by atoms with Gasteiger partial charge in [0.25, 0.3) is 0 Å². The maximum atomic E-state index is 12.9. The Hall–Kier alpha value is -1.22. The Morgan fingerprint density at radius 1 is 1.31 bits per heavy atom. The molecule has 0 radical (unpaired) electrons. The number of hydrogen-bond donors (Lipinski definition) is 1. The second-order valence-corrected chi connectivity index (χ2v) is 9.67. The molecule has 0 aromatic carbocycles. The summed E-state index contributed by atoms with van der Waals surface area (Å²) < 4.78 is 0. The van der Waals surface area contributed by atoms with Crippen LogP contribution in [0.15, 0.2) is 23.3 Å². The molecule has 1 unspecified atom stereocenters. The number of ketones is 1. The lowest BCUT2D eigenvalue weighted by atomic mass is 9.46. The predicted molar refractivity (Wildman–Crippen MR) is 101 cm³/mol. The first kappa shape index (κ1) is 18.2. The van der Waals surface area contributed by atoms with Crippen LogP contribution >= 0.6 is 0 Å². The zero-order valence-corrected chi connectivity index (χ0v) is 16.2. The Balaban J connectivity index is 1.74. The molecule has 0 saturated heterocycles. The SMILES string of the molecule is C[C@@]12CC=C[C@H]1[C@@H]1CCC3=C(CCCO)C(=O)C(C=O)C[C@]3(C)[C@H]1CC2. The van der Waals surface area contributed by atoms with Gasteiger partial charge in [-0.3, -0.25) is 4.79 Å². The lowest BCUT2D eigenvalue weighted by molar-refractivity contribution is -0.129. The van der Waals surface area contributed by atoms with Crippen LogP contribution in [0.2, 0.25) is 0 Å². The van der Waals surface area contributed by atoms with Gasteiger partial charge in [0.05, 0.1) is 5.92 Å². The monoisotopic (exact) mass is 356 g/mol. The summed E-state index contributed by atoms with van der Waals surface area (Å²) >= 11 is 0. The minimum absolute atomic E-state index is 0.0229. The standard InChI is InChI=1S/C23H32O3/c1-22-10-3-6-18(22)16-7-8-19-17(5-4-12-24)21(26)15(14-25)13-23(19,2)20(16)9-11-22/h3,6,14-16,18,20,24H,4-5,7-13H2,1-2H3/t15?,16-,18-,20-,22-,23-/m0/s1. The molecule has 4 aliphatic rings. The Kier molecular flexibility index (Phi) is 4.50. The van der Waals surface area contributed by atoms with Crippen LogP contribution < -0.4 is 0 Å². The molecule has 0 heterocycles. The van der Waals surface area contributed by atoms with Crippen molar-refractivity contribution < 1.29 is 14.7 Å². The highest BCUT2D eigenvalue weighted by Gasteiger charge is 2.57. The molecule has 0 bridgehead atoms. The van der Waals surface area contributed by atoms with Crippen molar-refractivity contribution >= 4 is 12.1 Å². The molecule has 4 rings (SSSR count). The molecule has 3 nitrogen and oxygen atoms in total. The van der Waals surface area contributed by atoms with Gasteiger partial charge in [-0.15, -0.1) is 0 Å². The Labute approximate surface area is 156 Å². The average Bonchev–Trinajstić information content (AvgIpc) is 3.02. The number of aliphatic hydroxyl groups is 1. The fraction of sp³-hybridized carbons (Fsp3) is 0.739. The molecular formula is C23H32O3. The molecule has 26 heavy (non-hydrogen) atoms. The molecule has 0 amide bonds. The molecule has 4 aliphatic carbocycles. The van der Waals surface area contributed by atoms with E-state index in [1.54, 1.807) is 0 Å². The van der Waals surface area contributed by atoms with Crippen LogP contribution in [-0.4, -0.2) is 23.8 Å². The van der Waals surface area contributed by atoms with Crippen molar-refractivity contribution in [2.24, 2.45) is 34.5 Å². The topological polar surface area (TPSA) is 54.4 Å². The molecule has 3 heteroatoms. The molecule has 142 valence electrons. The van der Waals surface area contributed by atoms with E-state index in [1.807, 2.05) is 0 Å². The van der Waals surface area contributed by atoms with E-state index in [0.717, 1.165) is 18.3 Å². The van der Waals surface area contributed by atoms with E-state index in [9.17, 15) is 14.7 Å². The van der Waals surface area contributed by atoms with E-state index in [4.69, 9.17) is 0 Å². The van der Waals surface area contributed by atoms with Crippen molar-refractivity contribution in [2.45, 2.75) is 65.2 Å². The number of hydrogen-bond acceptors (Lipinski definition) is 3. The minimum Gasteiger partial charge on any atom is -0.396 e. The maximum Gasteiger partial charge on any atom is 0.169 e. The van der Waals surface area contributed by atoms with Crippen LogP contribution in [0.1, 0.15) is 65.2 Å². The zero-order valence-electron chi connectivity index (χ0n) is 16.2. The highest BCUT2D eigenvalue weighted by atomic mass is 16.3. The van der Waals surface area contributed by atoms with Crippen molar-refractivity contribution in [1.29, 1.82) is 0 Å². The van der Waals surface area contributed by atoms with E-state index in [0.29, 0.717) is 42.4 Å². The molecule has 0 aromatic heterocycles. The van der Waals surface area contributed by atoms with Crippen LogP contribution in [-0.2, 0) is 9.59 Å². The predicted octanol–water partition coefficient (Wildman–Crippen LogP) is 4.25. The minimum atomic E-state index is -0.483. The summed E-state index contributed by atoms with van der Waals surface area (Å²) in [5.74, 6) is 1.48. The number of fused-ring (bicyclic) bond motifs is 5. The normalized spacial score (nSPS) is 44.5. The van der Waals surface area contributed by atoms with Crippen LogP contribution in [0.3, 0.4) is 0 Å². The van der Waals surface area contributed by atoms with E-state index < -0.39 is 5.92 Å². The van der Waals surface area contributed by atoms with Crippen molar-refractivity contribution in [3.63, 3.8) is 0 Å². The summed E-state index contributed by atoms with van der Waals surface area (Å²) in [5, 5.41) is 9.27. The Morgan fingerprint density at radius 3 is 2.85 bits per heavy atom. The third-order valence-corrected chi connectivity index (χ3v) is 8.36. The van der Waals surface area contributed by atoms with Crippen molar-refractivity contribution in [2.75, 3.05) is 6.61 Å². The van der Waals surface area contributed by atoms with Gasteiger partial charge in [0.1, 0.15) is 6.29 Å². The number of aldehydes is 1. The number of Topliss-reactive ketones (excluding diaryl/α,β-unsaturated/α-hetero) is 1. The first-order valence-corrected chi connectivity index (χ1v) is 10.4. The lowest BCUT2D eigenvalue weighted by Crippen LogP contribution is -2.51.